The number of sulfone groups is 1. The smallest absolute Gasteiger partial charge is 0.274 e. The number of aromatic nitrogens is 2. The molecule has 0 unspecified atom stereocenters. The first-order valence-corrected chi connectivity index (χ1v) is 10.5. The van der Waals surface area contributed by atoms with Crippen molar-refractivity contribution in [3.05, 3.63) is 42.1 Å². The van der Waals surface area contributed by atoms with Gasteiger partial charge in [-0.05, 0) is 30.9 Å². The van der Waals surface area contributed by atoms with E-state index in [4.69, 9.17) is 0 Å². The molecule has 7 heteroatoms. The third-order valence-electron chi connectivity index (χ3n) is 4.97. The summed E-state index contributed by atoms with van der Waals surface area (Å²) in [7, 11) is -3.03. The van der Waals surface area contributed by atoms with Crippen molar-refractivity contribution < 1.29 is 13.2 Å². The molecule has 0 spiro atoms. The molecule has 25 heavy (non-hydrogen) atoms. The Labute approximate surface area is 147 Å². The van der Waals surface area contributed by atoms with Crippen molar-refractivity contribution in [2.75, 3.05) is 24.6 Å². The van der Waals surface area contributed by atoms with Crippen LogP contribution in [-0.2, 0) is 9.84 Å². The Morgan fingerprint density at radius 3 is 2.48 bits per heavy atom. The maximum atomic E-state index is 12.7. The van der Waals surface area contributed by atoms with Gasteiger partial charge in [0.15, 0.2) is 15.5 Å². The minimum atomic E-state index is -3.03. The highest BCUT2D eigenvalue weighted by molar-refractivity contribution is 7.91. The molecule has 0 N–H and O–H groups in total. The van der Waals surface area contributed by atoms with Gasteiger partial charge in [-0.15, -0.1) is 0 Å². The van der Waals surface area contributed by atoms with Crippen molar-refractivity contribution >= 4 is 15.7 Å². The monoisotopic (exact) mass is 359 g/mol. The number of rotatable bonds is 3. The molecule has 2 aliphatic rings. The van der Waals surface area contributed by atoms with Crippen LogP contribution in [0.4, 0.5) is 0 Å². The lowest BCUT2D eigenvalue weighted by Gasteiger charge is -2.14. The van der Waals surface area contributed by atoms with E-state index in [0.717, 1.165) is 37.2 Å². The minimum absolute atomic E-state index is 0.0608. The maximum Gasteiger partial charge on any atom is 0.274 e. The lowest BCUT2D eigenvalue weighted by Crippen LogP contribution is -2.28. The zero-order valence-corrected chi connectivity index (χ0v) is 14.8. The van der Waals surface area contributed by atoms with E-state index in [2.05, 4.69) is 5.10 Å². The van der Waals surface area contributed by atoms with Crippen molar-refractivity contribution in [2.24, 2.45) is 0 Å². The second-order valence-electron chi connectivity index (χ2n) is 6.78. The summed E-state index contributed by atoms with van der Waals surface area (Å²) in [5.74, 6) is 0.210. The van der Waals surface area contributed by atoms with E-state index in [1.807, 2.05) is 35.2 Å². The number of amides is 1. The predicted molar refractivity (Wildman–Crippen MR) is 95.1 cm³/mol. The van der Waals surface area contributed by atoms with Gasteiger partial charge in [0.25, 0.3) is 5.91 Å². The van der Waals surface area contributed by atoms with Crippen LogP contribution < -0.4 is 0 Å². The molecular weight excluding hydrogens is 338 g/mol. The number of hydrogen-bond donors (Lipinski definition) is 0. The second-order valence-corrected chi connectivity index (χ2v) is 9.01. The summed E-state index contributed by atoms with van der Waals surface area (Å²) in [5.41, 5.74) is 2.16. The molecule has 0 aliphatic carbocycles. The van der Waals surface area contributed by atoms with Crippen LogP contribution in [-0.4, -0.2) is 53.6 Å². The Bertz CT molecular complexity index is 884. The first-order valence-electron chi connectivity index (χ1n) is 8.68. The molecule has 2 aliphatic heterocycles. The van der Waals surface area contributed by atoms with Crippen LogP contribution in [0.3, 0.4) is 0 Å². The van der Waals surface area contributed by atoms with Gasteiger partial charge in [-0.3, -0.25) is 9.48 Å². The van der Waals surface area contributed by atoms with Crippen molar-refractivity contribution in [2.45, 2.75) is 25.3 Å². The van der Waals surface area contributed by atoms with E-state index in [-0.39, 0.29) is 23.5 Å². The Morgan fingerprint density at radius 2 is 1.84 bits per heavy atom. The first kappa shape index (κ1) is 16.3. The van der Waals surface area contributed by atoms with Crippen LogP contribution in [0.15, 0.2) is 36.4 Å². The average molecular weight is 359 g/mol. The van der Waals surface area contributed by atoms with Crippen molar-refractivity contribution in [1.82, 2.24) is 14.7 Å². The molecule has 0 radical (unpaired) electrons. The zero-order chi connectivity index (χ0) is 17.4. The Kier molecular flexibility index (Phi) is 4.11. The maximum absolute atomic E-state index is 12.7. The summed E-state index contributed by atoms with van der Waals surface area (Å²) < 4.78 is 25.5. The van der Waals surface area contributed by atoms with Gasteiger partial charge >= 0.3 is 0 Å². The molecule has 1 aromatic carbocycles. The first-order chi connectivity index (χ1) is 12.0. The fourth-order valence-corrected chi connectivity index (χ4v) is 5.34. The molecule has 1 amide bonds. The molecule has 4 rings (SSSR count). The van der Waals surface area contributed by atoms with Crippen molar-refractivity contribution in [3.8, 4) is 11.3 Å². The molecule has 6 nitrogen and oxygen atoms in total. The lowest BCUT2D eigenvalue weighted by molar-refractivity contribution is 0.0786. The summed E-state index contributed by atoms with van der Waals surface area (Å²) >= 11 is 0. The Balaban J connectivity index is 1.74. The normalized spacial score (nSPS) is 22.4. The fourth-order valence-electron chi connectivity index (χ4n) is 3.65. The number of nitrogens with zero attached hydrogens (tertiary/aromatic N) is 3. The number of carbonyl (C=O) groups excluding carboxylic acids is 1. The van der Waals surface area contributed by atoms with Gasteiger partial charge in [0.05, 0.1) is 23.2 Å². The van der Waals surface area contributed by atoms with E-state index >= 15 is 0 Å². The van der Waals surface area contributed by atoms with E-state index < -0.39 is 9.84 Å². The van der Waals surface area contributed by atoms with Crippen molar-refractivity contribution in [3.63, 3.8) is 0 Å². The Hall–Kier alpha value is -2.15. The lowest BCUT2D eigenvalue weighted by atomic mass is 10.1. The van der Waals surface area contributed by atoms with Crippen LogP contribution in [0.2, 0.25) is 0 Å². The van der Waals surface area contributed by atoms with Crippen LogP contribution in [0.1, 0.15) is 35.8 Å². The standard InChI is InChI=1S/C18H21N3O3S/c22-18(20-9-4-5-10-20)16-12-17(14-6-2-1-3-7-14)21(19-16)15-8-11-25(23,24)13-15/h1-3,6-7,12,15H,4-5,8-11,13H2/t15-/m1/s1. The minimum Gasteiger partial charge on any atom is -0.337 e. The van der Waals surface area contributed by atoms with Crippen LogP contribution in [0.25, 0.3) is 11.3 Å². The van der Waals surface area contributed by atoms with Gasteiger partial charge in [-0.1, -0.05) is 30.3 Å². The van der Waals surface area contributed by atoms with Gasteiger partial charge in [-0.2, -0.15) is 5.10 Å². The number of hydrogen-bond acceptors (Lipinski definition) is 4. The summed E-state index contributed by atoms with van der Waals surface area (Å²) in [6.07, 6.45) is 2.60. The summed E-state index contributed by atoms with van der Waals surface area (Å²) in [6.45, 7) is 1.54. The molecular formula is C18H21N3O3S. The molecule has 3 heterocycles. The zero-order valence-electron chi connectivity index (χ0n) is 14.0. The number of likely N-dealkylation sites (tertiary alicyclic amines) is 1. The van der Waals surface area contributed by atoms with Crippen LogP contribution in [0.5, 0.6) is 0 Å². The Morgan fingerprint density at radius 1 is 1.12 bits per heavy atom. The SMILES string of the molecule is O=C(c1cc(-c2ccccc2)n([C@@H]2CCS(=O)(=O)C2)n1)N1CCCC1. The number of carbonyl (C=O) groups is 1. The molecule has 1 aromatic heterocycles. The molecule has 0 bridgehead atoms. The van der Waals surface area contributed by atoms with E-state index in [9.17, 15) is 13.2 Å². The van der Waals surface area contributed by atoms with Crippen LogP contribution in [0, 0.1) is 0 Å². The van der Waals surface area contributed by atoms with Gasteiger partial charge in [0.2, 0.25) is 0 Å². The van der Waals surface area contributed by atoms with Crippen molar-refractivity contribution in [1.29, 1.82) is 0 Å². The quantitative estimate of drug-likeness (QED) is 0.842. The summed E-state index contributed by atoms with van der Waals surface area (Å²) in [5, 5.41) is 4.54. The highest BCUT2D eigenvalue weighted by Crippen LogP contribution is 2.30. The molecule has 0 saturated carbocycles. The molecule has 2 aromatic rings. The van der Waals surface area contributed by atoms with E-state index in [1.165, 1.54) is 0 Å². The third kappa shape index (κ3) is 3.20. The molecule has 1 atom stereocenters. The molecule has 2 saturated heterocycles. The van der Waals surface area contributed by atoms with Gasteiger partial charge in [0.1, 0.15) is 0 Å². The van der Waals surface area contributed by atoms with E-state index in [0.29, 0.717) is 12.1 Å². The third-order valence-corrected chi connectivity index (χ3v) is 6.72. The highest BCUT2D eigenvalue weighted by atomic mass is 32.2. The van der Waals surface area contributed by atoms with E-state index in [1.54, 1.807) is 10.7 Å². The second kappa shape index (κ2) is 6.29. The summed E-state index contributed by atoms with van der Waals surface area (Å²) in [4.78, 5) is 14.5. The fraction of sp³-hybridized carbons (Fsp3) is 0.444. The largest absolute Gasteiger partial charge is 0.337 e. The van der Waals surface area contributed by atoms with Crippen LogP contribution >= 0.6 is 0 Å². The number of benzene rings is 1. The molecule has 2 fully saturated rings. The predicted octanol–water partition coefficient (Wildman–Crippen LogP) is 2.15. The molecule has 132 valence electrons. The van der Waals surface area contributed by atoms with Gasteiger partial charge < -0.3 is 4.90 Å². The average Bonchev–Trinajstić information content (AvgIpc) is 3.34. The van der Waals surface area contributed by atoms with Gasteiger partial charge in [-0.25, -0.2) is 8.42 Å². The highest BCUT2D eigenvalue weighted by Gasteiger charge is 2.32. The van der Waals surface area contributed by atoms with Gasteiger partial charge in [0, 0.05) is 13.1 Å². The summed E-state index contributed by atoms with van der Waals surface area (Å²) in [6, 6.07) is 11.3. The topological polar surface area (TPSA) is 72.3 Å².